The predicted octanol–water partition coefficient (Wildman–Crippen LogP) is 3.12. The zero-order valence-corrected chi connectivity index (χ0v) is 14.5. The topological polar surface area (TPSA) is 63.7 Å². The van der Waals surface area contributed by atoms with Crippen LogP contribution in [0.15, 0.2) is 18.2 Å². The number of imide groups is 1. The number of esters is 1. The van der Waals surface area contributed by atoms with E-state index in [9.17, 15) is 14.4 Å². The van der Waals surface area contributed by atoms with Crippen molar-refractivity contribution in [3.8, 4) is 5.75 Å². The van der Waals surface area contributed by atoms with Crippen molar-refractivity contribution in [2.45, 2.75) is 45.6 Å². The zero-order valence-electron chi connectivity index (χ0n) is 13.8. The second-order valence-corrected chi connectivity index (χ2v) is 6.98. The van der Waals surface area contributed by atoms with Crippen molar-refractivity contribution in [1.29, 1.82) is 0 Å². The minimum Gasteiger partial charge on any atom is -0.423 e. The van der Waals surface area contributed by atoms with Gasteiger partial charge in [-0.3, -0.25) is 14.5 Å². The summed E-state index contributed by atoms with van der Waals surface area (Å²) in [5, 5.41) is 0.314. The van der Waals surface area contributed by atoms with E-state index in [-0.39, 0.29) is 29.4 Å². The molecule has 2 amide bonds. The van der Waals surface area contributed by atoms with Crippen molar-refractivity contribution >= 4 is 29.4 Å². The van der Waals surface area contributed by atoms with Crippen LogP contribution in [0, 0.1) is 18.8 Å². The number of carbonyl (C=O) groups excluding carboxylic acids is 3. The smallest absolute Gasteiger partial charge is 0.334 e. The molecule has 1 saturated carbocycles. The van der Waals surface area contributed by atoms with Gasteiger partial charge in [-0.05, 0) is 44.4 Å². The van der Waals surface area contributed by atoms with Crippen LogP contribution in [0.3, 0.4) is 0 Å². The highest BCUT2D eigenvalue weighted by atomic mass is 35.5. The van der Waals surface area contributed by atoms with Crippen LogP contribution in [0.1, 0.15) is 38.2 Å². The second-order valence-electron chi connectivity index (χ2n) is 6.57. The summed E-state index contributed by atoms with van der Waals surface area (Å²) < 4.78 is 5.33. The lowest BCUT2D eigenvalue weighted by atomic mass is 9.81. The van der Waals surface area contributed by atoms with Crippen LogP contribution in [-0.4, -0.2) is 28.7 Å². The molecule has 1 heterocycles. The molecule has 0 bridgehead atoms. The Kier molecular flexibility index (Phi) is 4.63. The van der Waals surface area contributed by atoms with Crippen LogP contribution >= 0.6 is 11.6 Å². The van der Waals surface area contributed by atoms with Crippen LogP contribution in [0.4, 0.5) is 0 Å². The number of amides is 2. The van der Waals surface area contributed by atoms with Gasteiger partial charge in [0.1, 0.15) is 11.8 Å². The number of halogens is 1. The maximum atomic E-state index is 12.5. The van der Waals surface area contributed by atoms with Crippen molar-refractivity contribution in [3.05, 3.63) is 28.8 Å². The molecule has 3 atom stereocenters. The largest absolute Gasteiger partial charge is 0.423 e. The number of nitrogens with zero attached hydrogens (tertiary/aromatic N) is 1. The Morgan fingerprint density at radius 3 is 2.38 bits per heavy atom. The third-order valence-electron chi connectivity index (χ3n) is 4.90. The molecule has 1 aromatic carbocycles. The highest BCUT2D eigenvalue weighted by Crippen LogP contribution is 2.39. The van der Waals surface area contributed by atoms with Gasteiger partial charge in [0.15, 0.2) is 0 Å². The van der Waals surface area contributed by atoms with Crippen molar-refractivity contribution in [2.24, 2.45) is 11.8 Å². The van der Waals surface area contributed by atoms with E-state index in [4.69, 9.17) is 16.3 Å². The molecule has 24 heavy (non-hydrogen) atoms. The van der Waals surface area contributed by atoms with Gasteiger partial charge in [-0.25, -0.2) is 4.79 Å². The van der Waals surface area contributed by atoms with Gasteiger partial charge in [0.25, 0.3) is 0 Å². The van der Waals surface area contributed by atoms with Crippen molar-refractivity contribution < 1.29 is 19.1 Å². The van der Waals surface area contributed by atoms with Crippen LogP contribution in [0.2, 0.25) is 5.02 Å². The van der Waals surface area contributed by atoms with Gasteiger partial charge >= 0.3 is 5.97 Å². The van der Waals surface area contributed by atoms with Crippen LogP contribution < -0.4 is 4.74 Å². The summed E-state index contributed by atoms with van der Waals surface area (Å²) in [7, 11) is 0. The molecule has 0 radical (unpaired) electrons. The third-order valence-corrected chi connectivity index (χ3v) is 5.21. The van der Waals surface area contributed by atoms with Gasteiger partial charge in [-0.2, -0.15) is 0 Å². The Balaban J connectivity index is 1.77. The molecule has 5 nitrogen and oxygen atoms in total. The fourth-order valence-corrected chi connectivity index (χ4v) is 3.71. The molecule has 0 unspecified atom stereocenters. The molecule has 6 heteroatoms. The predicted molar refractivity (Wildman–Crippen MR) is 88.6 cm³/mol. The first-order valence-corrected chi connectivity index (χ1v) is 8.62. The fraction of sp³-hybridized carbons (Fsp3) is 0.500. The van der Waals surface area contributed by atoms with E-state index in [1.807, 2.05) is 6.92 Å². The average molecular weight is 350 g/mol. The number of fused-ring (bicyclic) bond motifs is 1. The van der Waals surface area contributed by atoms with Gasteiger partial charge in [0, 0.05) is 0 Å². The second kappa shape index (κ2) is 6.55. The Hall–Kier alpha value is -1.88. The minimum absolute atomic E-state index is 0.241. The number of benzene rings is 1. The maximum absolute atomic E-state index is 12.5. The van der Waals surface area contributed by atoms with Gasteiger partial charge in [-0.15, -0.1) is 0 Å². The summed E-state index contributed by atoms with van der Waals surface area (Å²) in [4.78, 5) is 38.6. The molecule has 2 aliphatic rings. The van der Waals surface area contributed by atoms with E-state index >= 15 is 0 Å². The molecule has 1 aromatic rings. The quantitative estimate of drug-likeness (QED) is 0.478. The lowest BCUT2D eigenvalue weighted by Crippen LogP contribution is -2.45. The summed E-state index contributed by atoms with van der Waals surface area (Å²) in [6.45, 7) is 3.38. The highest BCUT2D eigenvalue weighted by Gasteiger charge is 2.51. The van der Waals surface area contributed by atoms with Gasteiger partial charge in [0.05, 0.1) is 16.9 Å². The Bertz CT molecular complexity index is 678. The maximum Gasteiger partial charge on any atom is 0.334 e. The first-order chi connectivity index (χ1) is 11.4. The molecule has 1 saturated heterocycles. The molecule has 1 aliphatic heterocycles. The van der Waals surface area contributed by atoms with E-state index in [1.54, 1.807) is 18.2 Å². The summed E-state index contributed by atoms with van der Waals surface area (Å²) in [6, 6.07) is 4.15. The summed E-state index contributed by atoms with van der Waals surface area (Å²) in [5.74, 6) is -1.45. The van der Waals surface area contributed by atoms with Gasteiger partial charge in [-0.1, -0.05) is 30.5 Å². The Morgan fingerprint density at radius 1 is 1.21 bits per heavy atom. The molecule has 128 valence electrons. The third kappa shape index (κ3) is 2.93. The molecule has 0 aromatic heterocycles. The number of likely N-dealkylation sites (tertiary alicyclic amines) is 1. The Morgan fingerprint density at radius 2 is 1.79 bits per heavy atom. The summed E-state index contributed by atoms with van der Waals surface area (Å²) >= 11 is 6.04. The summed E-state index contributed by atoms with van der Waals surface area (Å²) in [6.07, 6.45) is 3.34. The lowest BCUT2D eigenvalue weighted by Gasteiger charge is -2.21. The molecular weight excluding hydrogens is 330 g/mol. The van der Waals surface area contributed by atoms with Gasteiger partial charge in [0.2, 0.25) is 11.8 Å². The number of aryl methyl sites for hydroxylation is 1. The molecule has 0 spiro atoms. The van der Waals surface area contributed by atoms with E-state index in [0.29, 0.717) is 5.02 Å². The zero-order chi connectivity index (χ0) is 17.4. The number of hydrogen-bond donors (Lipinski definition) is 0. The van der Waals surface area contributed by atoms with Crippen LogP contribution in [-0.2, 0) is 14.4 Å². The average Bonchev–Trinajstić information content (AvgIpc) is 2.82. The normalized spacial score (nSPS) is 24.7. The minimum atomic E-state index is -0.952. The number of ether oxygens (including phenoxy) is 1. The van der Waals surface area contributed by atoms with Crippen LogP contribution in [0.5, 0.6) is 5.75 Å². The molecule has 3 rings (SSSR count). The van der Waals surface area contributed by atoms with E-state index in [0.717, 1.165) is 36.1 Å². The van der Waals surface area contributed by atoms with Gasteiger partial charge < -0.3 is 4.74 Å². The van der Waals surface area contributed by atoms with E-state index < -0.39 is 12.0 Å². The standard InChI is InChI=1S/C18H20ClNO4/c1-10-7-8-14(19)15(9-10)24-18(23)11(2)20-16(21)12-5-3-4-6-13(12)17(20)22/h7-9,11-13H,3-6H2,1-2H3/t11-,12-,13-/m0/s1. The highest BCUT2D eigenvalue weighted by molar-refractivity contribution is 6.32. The van der Waals surface area contributed by atoms with E-state index in [2.05, 4.69) is 0 Å². The SMILES string of the molecule is Cc1ccc(Cl)c(OC(=O)[C@H](C)N2C(=O)[C@H]3CCCC[C@@H]3C2=O)c1. The molecule has 0 N–H and O–H groups in total. The van der Waals surface area contributed by atoms with Crippen LogP contribution in [0.25, 0.3) is 0 Å². The van der Waals surface area contributed by atoms with E-state index in [1.165, 1.54) is 6.92 Å². The molecular formula is C18H20ClNO4. The number of carbonyl (C=O) groups is 3. The monoisotopic (exact) mass is 349 g/mol. The molecule has 1 aliphatic carbocycles. The molecule has 2 fully saturated rings. The number of hydrogen-bond acceptors (Lipinski definition) is 4. The van der Waals surface area contributed by atoms with Crippen molar-refractivity contribution in [1.82, 2.24) is 4.90 Å². The first kappa shape index (κ1) is 17.0. The number of rotatable bonds is 3. The lowest BCUT2D eigenvalue weighted by molar-refractivity contribution is -0.152. The fourth-order valence-electron chi connectivity index (χ4n) is 3.56. The summed E-state index contributed by atoms with van der Waals surface area (Å²) in [5.41, 5.74) is 0.897. The first-order valence-electron chi connectivity index (χ1n) is 8.25. The Labute approximate surface area is 145 Å². The van der Waals surface area contributed by atoms with Crippen molar-refractivity contribution in [2.75, 3.05) is 0 Å². The van der Waals surface area contributed by atoms with Crippen molar-refractivity contribution in [3.63, 3.8) is 0 Å².